The Bertz CT molecular complexity index is 987. The van der Waals surface area contributed by atoms with Gasteiger partial charge in [-0.05, 0) is 41.5 Å². The Kier molecular flexibility index (Phi) is 6.17. The zero-order valence-corrected chi connectivity index (χ0v) is 18.3. The molecule has 2 aliphatic carbocycles. The van der Waals surface area contributed by atoms with Crippen molar-refractivity contribution in [2.24, 2.45) is 5.92 Å². The van der Waals surface area contributed by atoms with Crippen LogP contribution in [-0.4, -0.2) is 53.7 Å². The molecule has 2 aromatic carbocycles. The number of carbonyl (C=O) groups is 3. The summed E-state index contributed by atoms with van der Waals surface area (Å²) in [6.45, 7) is 1.60. The smallest absolute Gasteiger partial charge is 0.407 e. The number of carboxylic acids is 1. The molecule has 2 aliphatic rings. The second kappa shape index (κ2) is 9.02. The second-order valence-corrected chi connectivity index (χ2v) is 8.66. The highest BCUT2D eigenvalue weighted by atomic mass is 16.5. The topological polar surface area (TPSA) is 95.9 Å². The summed E-state index contributed by atoms with van der Waals surface area (Å²) in [6, 6.07) is 14.4. The Morgan fingerprint density at radius 1 is 1.06 bits per heavy atom. The van der Waals surface area contributed by atoms with Crippen molar-refractivity contribution in [3.05, 3.63) is 59.7 Å². The monoisotopic (exact) mass is 436 g/mol. The van der Waals surface area contributed by atoms with Gasteiger partial charge in [0, 0.05) is 13.0 Å². The summed E-state index contributed by atoms with van der Waals surface area (Å²) in [5, 5.41) is 11.9. The molecule has 2 atom stereocenters. The fourth-order valence-electron chi connectivity index (χ4n) is 4.29. The number of benzene rings is 2. The summed E-state index contributed by atoms with van der Waals surface area (Å²) in [7, 11) is 1.44. The molecule has 32 heavy (non-hydrogen) atoms. The number of carbonyl (C=O) groups excluding carboxylic acids is 2. The van der Waals surface area contributed by atoms with Gasteiger partial charge in [0.25, 0.3) is 0 Å². The highest BCUT2D eigenvalue weighted by Gasteiger charge is 2.35. The minimum atomic E-state index is -1.09. The van der Waals surface area contributed by atoms with E-state index in [1.54, 1.807) is 0 Å². The van der Waals surface area contributed by atoms with Crippen molar-refractivity contribution in [1.82, 2.24) is 10.2 Å². The van der Waals surface area contributed by atoms with Gasteiger partial charge < -0.3 is 20.1 Å². The Balaban J connectivity index is 1.43. The average Bonchev–Trinajstić information content (AvgIpc) is 3.56. The van der Waals surface area contributed by atoms with Crippen LogP contribution in [0.2, 0.25) is 0 Å². The van der Waals surface area contributed by atoms with Crippen LogP contribution in [0.4, 0.5) is 4.79 Å². The van der Waals surface area contributed by atoms with Crippen molar-refractivity contribution in [2.75, 3.05) is 13.7 Å². The van der Waals surface area contributed by atoms with Crippen molar-refractivity contribution in [3.8, 4) is 11.1 Å². The Labute approximate surface area is 187 Å². The third kappa shape index (κ3) is 4.47. The maximum atomic E-state index is 12.9. The standard InChI is InChI=1S/C25H28N2O5/c1-15(24(29)30)27(2)23(28)22(13-16-11-12-16)26-25(31)32-14-21-19-9-5-3-7-17(19)18-8-4-6-10-20(18)21/h3-10,15-16,21-22H,11-14H2,1-2H3,(H,26,31)(H,29,30). The molecule has 0 spiro atoms. The molecule has 2 unspecified atom stereocenters. The van der Waals surface area contributed by atoms with Gasteiger partial charge in [-0.3, -0.25) is 4.79 Å². The number of ether oxygens (including phenoxy) is 1. The third-order valence-corrected chi connectivity index (χ3v) is 6.49. The Morgan fingerprint density at radius 2 is 1.62 bits per heavy atom. The first kappa shape index (κ1) is 21.9. The summed E-state index contributed by atoms with van der Waals surface area (Å²) >= 11 is 0. The summed E-state index contributed by atoms with van der Waals surface area (Å²) in [4.78, 5) is 37.9. The summed E-state index contributed by atoms with van der Waals surface area (Å²) in [5.41, 5.74) is 4.51. The van der Waals surface area contributed by atoms with Crippen molar-refractivity contribution in [2.45, 2.75) is 44.2 Å². The number of hydrogen-bond donors (Lipinski definition) is 2. The maximum absolute atomic E-state index is 12.9. The first-order chi connectivity index (χ1) is 15.4. The van der Waals surface area contributed by atoms with Crippen LogP contribution in [0.3, 0.4) is 0 Å². The molecule has 0 bridgehead atoms. The van der Waals surface area contributed by atoms with Gasteiger partial charge in [-0.1, -0.05) is 61.4 Å². The van der Waals surface area contributed by atoms with Crippen LogP contribution in [0, 0.1) is 5.92 Å². The minimum absolute atomic E-state index is 0.0690. The molecule has 168 valence electrons. The first-order valence-electron chi connectivity index (χ1n) is 11.0. The molecule has 2 N–H and O–H groups in total. The third-order valence-electron chi connectivity index (χ3n) is 6.49. The van der Waals surface area contributed by atoms with E-state index in [9.17, 15) is 19.5 Å². The highest BCUT2D eigenvalue weighted by Crippen LogP contribution is 2.44. The summed E-state index contributed by atoms with van der Waals surface area (Å²) in [6.07, 6.45) is 1.84. The summed E-state index contributed by atoms with van der Waals surface area (Å²) in [5.74, 6) is -1.21. The lowest BCUT2D eigenvalue weighted by molar-refractivity contribution is -0.149. The number of alkyl carbamates (subject to hydrolysis) is 1. The number of carboxylic acid groups (broad SMARTS) is 1. The number of rotatable bonds is 8. The van der Waals surface area contributed by atoms with Crippen molar-refractivity contribution >= 4 is 18.0 Å². The number of nitrogens with zero attached hydrogens (tertiary/aromatic N) is 1. The van der Waals surface area contributed by atoms with Gasteiger partial charge in [-0.15, -0.1) is 0 Å². The highest BCUT2D eigenvalue weighted by molar-refractivity contribution is 5.89. The lowest BCUT2D eigenvalue weighted by Gasteiger charge is -2.27. The van der Waals surface area contributed by atoms with E-state index in [-0.39, 0.29) is 12.5 Å². The van der Waals surface area contributed by atoms with Gasteiger partial charge in [0.15, 0.2) is 0 Å². The molecule has 1 saturated carbocycles. The van der Waals surface area contributed by atoms with Crippen LogP contribution in [0.5, 0.6) is 0 Å². The van der Waals surface area contributed by atoms with Crippen LogP contribution in [-0.2, 0) is 14.3 Å². The molecule has 7 nitrogen and oxygen atoms in total. The van der Waals surface area contributed by atoms with Gasteiger partial charge in [0.05, 0.1) is 0 Å². The molecule has 1 fully saturated rings. The number of aliphatic carboxylic acids is 1. The van der Waals surface area contributed by atoms with Crippen LogP contribution in [0.1, 0.15) is 43.2 Å². The Hall–Kier alpha value is -3.35. The van der Waals surface area contributed by atoms with Crippen LogP contribution in [0.15, 0.2) is 48.5 Å². The molecule has 0 heterocycles. The fourth-order valence-corrected chi connectivity index (χ4v) is 4.29. The zero-order chi connectivity index (χ0) is 22.8. The molecule has 0 saturated heterocycles. The van der Waals surface area contributed by atoms with Gasteiger partial charge in [0.2, 0.25) is 5.91 Å². The van der Waals surface area contributed by atoms with Crippen molar-refractivity contribution < 1.29 is 24.2 Å². The molecule has 7 heteroatoms. The van der Waals surface area contributed by atoms with Crippen LogP contribution < -0.4 is 5.32 Å². The van der Waals surface area contributed by atoms with Crippen LogP contribution >= 0.6 is 0 Å². The van der Waals surface area contributed by atoms with E-state index in [1.165, 1.54) is 18.9 Å². The van der Waals surface area contributed by atoms with E-state index in [4.69, 9.17) is 4.74 Å². The van der Waals surface area contributed by atoms with E-state index in [2.05, 4.69) is 17.4 Å². The predicted octanol–water partition coefficient (Wildman–Crippen LogP) is 3.63. The Morgan fingerprint density at radius 3 is 2.16 bits per heavy atom. The van der Waals surface area contributed by atoms with E-state index in [0.29, 0.717) is 12.3 Å². The molecule has 4 rings (SSSR count). The molecule has 0 aliphatic heterocycles. The zero-order valence-electron chi connectivity index (χ0n) is 18.3. The predicted molar refractivity (Wildman–Crippen MR) is 119 cm³/mol. The largest absolute Gasteiger partial charge is 0.480 e. The number of amides is 2. The first-order valence-corrected chi connectivity index (χ1v) is 11.0. The number of nitrogens with one attached hydrogen (secondary N) is 1. The number of hydrogen-bond acceptors (Lipinski definition) is 4. The van der Waals surface area contributed by atoms with Gasteiger partial charge in [-0.25, -0.2) is 9.59 Å². The molecule has 0 aromatic heterocycles. The van der Waals surface area contributed by atoms with Gasteiger partial charge in [-0.2, -0.15) is 0 Å². The molecular formula is C25H28N2O5. The molecule has 0 radical (unpaired) electrons. The van der Waals surface area contributed by atoms with Crippen LogP contribution in [0.25, 0.3) is 11.1 Å². The number of likely N-dealkylation sites (N-methyl/N-ethyl adjacent to an activating group) is 1. The van der Waals surface area contributed by atoms with Crippen molar-refractivity contribution in [1.29, 1.82) is 0 Å². The minimum Gasteiger partial charge on any atom is -0.480 e. The van der Waals surface area contributed by atoms with Gasteiger partial charge in [0.1, 0.15) is 18.7 Å². The number of fused-ring (bicyclic) bond motifs is 3. The average molecular weight is 437 g/mol. The van der Waals surface area contributed by atoms with E-state index in [1.807, 2.05) is 36.4 Å². The second-order valence-electron chi connectivity index (χ2n) is 8.66. The van der Waals surface area contributed by atoms with E-state index >= 15 is 0 Å². The van der Waals surface area contributed by atoms with E-state index in [0.717, 1.165) is 35.1 Å². The van der Waals surface area contributed by atoms with Gasteiger partial charge >= 0.3 is 12.1 Å². The molecular weight excluding hydrogens is 408 g/mol. The fraction of sp³-hybridized carbons (Fsp3) is 0.400. The summed E-state index contributed by atoms with van der Waals surface area (Å²) < 4.78 is 5.57. The lowest BCUT2D eigenvalue weighted by atomic mass is 9.98. The lowest BCUT2D eigenvalue weighted by Crippen LogP contribution is -2.51. The quantitative estimate of drug-likeness (QED) is 0.659. The molecule has 2 aromatic rings. The SMILES string of the molecule is CC(C(=O)O)N(C)C(=O)C(CC1CC1)NC(=O)OCC1c2ccccc2-c2ccccc21. The van der Waals surface area contributed by atoms with E-state index < -0.39 is 30.1 Å². The maximum Gasteiger partial charge on any atom is 0.407 e. The normalized spacial score (nSPS) is 16.4. The van der Waals surface area contributed by atoms with Crippen molar-refractivity contribution in [3.63, 3.8) is 0 Å². The molecule has 2 amide bonds.